The zero-order chi connectivity index (χ0) is 22.0. The minimum absolute atomic E-state index is 0.0150. The highest BCUT2D eigenvalue weighted by molar-refractivity contribution is 7.89. The molecule has 1 amide bonds. The topological polar surface area (TPSA) is 92.8 Å². The van der Waals surface area contributed by atoms with Gasteiger partial charge in [-0.25, -0.2) is 13.2 Å². The molecule has 0 atom stereocenters. The van der Waals surface area contributed by atoms with Crippen LogP contribution in [0, 0.1) is 0 Å². The third kappa shape index (κ3) is 5.69. The lowest BCUT2D eigenvalue weighted by Gasteiger charge is -2.32. The number of sulfonamides is 1. The molecule has 2 rings (SSSR count). The summed E-state index contributed by atoms with van der Waals surface area (Å²) in [5.41, 5.74) is -2.89. The van der Waals surface area contributed by atoms with Crippen LogP contribution in [0.2, 0.25) is 0 Å². The fourth-order valence-electron chi connectivity index (χ4n) is 3.02. The molecule has 1 saturated heterocycles. The van der Waals surface area contributed by atoms with Gasteiger partial charge in [0.2, 0.25) is 10.0 Å². The Morgan fingerprint density at radius 3 is 2.28 bits per heavy atom. The van der Waals surface area contributed by atoms with Gasteiger partial charge in [-0.3, -0.25) is 4.79 Å². The van der Waals surface area contributed by atoms with Crippen molar-refractivity contribution in [3.8, 4) is 0 Å². The maximum atomic E-state index is 13.4. The number of nitrogens with one attached hydrogen (secondary N) is 1. The van der Waals surface area contributed by atoms with Crippen molar-refractivity contribution in [3.63, 3.8) is 0 Å². The van der Waals surface area contributed by atoms with Gasteiger partial charge in [0.05, 0.1) is 10.5 Å². The fourth-order valence-corrected chi connectivity index (χ4v) is 4.73. The number of hydrogen-bond acceptors (Lipinski definition) is 5. The normalized spacial score (nSPS) is 17.0. The highest BCUT2D eigenvalue weighted by atomic mass is 32.2. The van der Waals surface area contributed by atoms with Crippen LogP contribution in [0.3, 0.4) is 0 Å². The fraction of sp³-hybridized carbons (Fsp3) is 0.556. The van der Waals surface area contributed by atoms with Crippen LogP contribution in [0.25, 0.3) is 0 Å². The molecule has 0 spiro atoms. The Balaban J connectivity index is 2.17. The number of piperidine rings is 1. The van der Waals surface area contributed by atoms with E-state index in [1.54, 1.807) is 20.8 Å². The summed E-state index contributed by atoms with van der Waals surface area (Å²) in [4.78, 5) is 21.9. The molecular formula is C18H23F3N2O5S. The lowest BCUT2D eigenvalue weighted by Crippen LogP contribution is -2.47. The Kier molecular flexibility index (Phi) is 6.63. The summed E-state index contributed by atoms with van der Waals surface area (Å²) < 4.78 is 72.0. The van der Waals surface area contributed by atoms with Crippen LogP contribution in [0.4, 0.5) is 18.0 Å². The van der Waals surface area contributed by atoms with Crippen molar-refractivity contribution in [3.05, 3.63) is 29.3 Å². The number of amides is 1. The number of nitrogens with zero attached hydrogens (tertiary/aromatic N) is 1. The highest BCUT2D eigenvalue weighted by Gasteiger charge is 2.42. The van der Waals surface area contributed by atoms with Crippen molar-refractivity contribution in [1.29, 1.82) is 0 Å². The van der Waals surface area contributed by atoms with Gasteiger partial charge >= 0.3 is 12.3 Å². The molecule has 0 saturated carbocycles. The third-order valence-electron chi connectivity index (χ3n) is 4.26. The van der Waals surface area contributed by atoms with Crippen molar-refractivity contribution in [1.82, 2.24) is 9.62 Å². The van der Waals surface area contributed by atoms with E-state index in [0.29, 0.717) is 0 Å². The Morgan fingerprint density at radius 1 is 1.21 bits per heavy atom. The molecule has 0 unspecified atom stereocenters. The van der Waals surface area contributed by atoms with Crippen LogP contribution in [0.1, 0.15) is 49.5 Å². The second-order valence-corrected chi connectivity index (χ2v) is 9.57. The SMILES string of the molecule is CC(C)(C)OC(=O)NC1CCN(S(=O)(=O)c2cccc(C=O)c2C(F)(F)F)CC1. The Bertz CT molecular complexity index is 870. The van der Waals surface area contributed by atoms with Crippen LogP contribution < -0.4 is 5.32 Å². The Hall–Kier alpha value is -2.14. The standard InChI is InChI=1S/C18H23F3N2O5S/c1-17(2,3)28-16(25)22-13-7-9-23(10-8-13)29(26,27)14-6-4-5-12(11-24)15(14)18(19,20)21/h4-6,11,13H,7-10H2,1-3H3,(H,22,25). The molecule has 1 aromatic rings. The molecule has 29 heavy (non-hydrogen) atoms. The van der Waals surface area contributed by atoms with Crippen molar-refractivity contribution >= 4 is 22.4 Å². The molecule has 1 N–H and O–H groups in total. The minimum atomic E-state index is -5.00. The molecule has 1 fully saturated rings. The number of hydrogen-bond donors (Lipinski definition) is 1. The molecule has 1 heterocycles. The average Bonchev–Trinajstić information content (AvgIpc) is 2.59. The summed E-state index contributed by atoms with van der Waals surface area (Å²) in [6.07, 6.45) is -5.23. The molecular weight excluding hydrogens is 413 g/mol. The Labute approximate surface area is 167 Å². The molecule has 1 aliphatic rings. The number of alkyl halides is 3. The first-order valence-electron chi connectivity index (χ1n) is 8.91. The van der Waals surface area contributed by atoms with Gasteiger partial charge < -0.3 is 10.1 Å². The first-order valence-corrected chi connectivity index (χ1v) is 10.3. The zero-order valence-corrected chi connectivity index (χ0v) is 17.1. The van der Waals surface area contributed by atoms with Gasteiger partial charge in [-0.1, -0.05) is 12.1 Å². The van der Waals surface area contributed by atoms with Gasteiger partial charge in [0.1, 0.15) is 5.60 Å². The van der Waals surface area contributed by atoms with Crippen LogP contribution in [-0.2, 0) is 20.9 Å². The molecule has 1 aromatic carbocycles. The summed E-state index contributed by atoms with van der Waals surface area (Å²) in [6.45, 7) is 4.95. The van der Waals surface area contributed by atoms with Gasteiger partial charge in [-0.05, 0) is 39.7 Å². The summed E-state index contributed by atoms with van der Waals surface area (Å²) in [6, 6.07) is 2.50. The van der Waals surface area contributed by atoms with Gasteiger partial charge in [-0.2, -0.15) is 17.5 Å². The number of alkyl carbamates (subject to hydrolysis) is 1. The maximum absolute atomic E-state index is 13.4. The van der Waals surface area contributed by atoms with Crippen LogP contribution in [-0.4, -0.2) is 49.8 Å². The number of ether oxygens (including phenoxy) is 1. The van der Waals surface area contributed by atoms with E-state index < -0.39 is 43.9 Å². The highest BCUT2D eigenvalue weighted by Crippen LogP contribution is 2.37. The molecule has 0 radical (unpaired) electrons. The average molecular weight is 436 g/mol. The number of rotatable bonds is 4. The van der Waals surface area contributed by atoms with E-state index in [4.69, 9.17) is 4.74 Å². The van der Waals surface area contributed by atoms with E-state index in [1.807, 2.05) is 0 Å². The monoisotopic (exact) mass is 436 g/mol. The predicted octanol–water partition coefficient (Wildman–Crippen LogP) is 3.20. The number of carbonyl (C=O) groups is 2. The quantitative estimate of drug-likeness (QED) is 0.732. The summed E-state index contributed by atoms with van der Waals surface area (Å²) in [7, 11) is -4.48. The lowest BCUT2D eigenvalue weighted by molar-refractivity contribution is -0.140. The van der Waals surface area contributed by atoms with Crippen molar-refractivity contribution in [2.24, 2.45) is 0 Å². The molecule has 0 aliphatic carbocycles. The van der Waals surface area contributed by atoms with Crippen molar-refractivity contribution in [2.45, 2.75) is 56.3 Å². The number of benzene rings is 1. The van der Waals surface area contributed by atoms with Crippen LogP contribution in [0.5, 0.6) is 0 Å². The maximum Gasteiger partial charge on any atom is 0.418 e. The lowest BCUT2D eigenvalue weighted by atomic mass is 10.1. The second-order valence-electron chi connectivity index (χ2n) is 7.66. The molecule has 162 valence electrons. The van der Waals surface area contributed by atoms with E-state index in [2.05, 4.69) is 5.32 Å². The predicted molar refractivity (Wildman–Crippen MR) is 98.0 cm³/mol. The first kappa shape index (κ1) is 23.1. The molecule has 7 nitrogen and oxygen atoms in total. The van der Waals surface area contributed by atoms with Crippen molar-refractivity contribution in [2.75, 3.05) is 13.1 Å². The van der Waals surface area contributed by atoms with Crippen LogP contribution in [0.15, 0.2) is 23.1 Å². The van der Waals surface area contributed by atoms with Gasteiger partial charge in [0.15, 0.2) is 6.29 Å². The summed E-state index contributed by atoms with van der Waals surface area (Å²) in [5, 5.41) is 2.63. The smallest absolute Gasteiger partial charge is 0.418 e. The molecule has 0 bridgehead atoms. The number of aldehydes is 1. The second kappa shape index (κ2) is 8.31. The number of carbonyl (C=O) groups excluding carboxylic acids is 2. The summed E-state index contributed by atoms with van der Waals surface area (Å²) in [5.74, 6) is 0. The molecule has 0 aromatic heterocycles. The first-order chi connectivity index (χ1) is 13.3. The van der Waals surface area contributed by atoms with Gasteiger partial charge in [0.25, 0.3) is 0 Å². The zero-order valence-electron chi connectivity index (χ0n) is 16.2. The van der Waals surface area contributed by atoms with Gasteiger partial charge in [0, 0.05) is 24.7 Å². The van der Waals surface area contributed by atoms with Gasteiger partial charge in [-0.15, -0.1) is 0 Å². The van der Waals surface area contributed by atoms with E-state index in [1.165, 1.54) is 0 Å². The minimum Gasteiger partial charge on any atom is -0.444 e. The van der Waals surface area contributed by atoms with E-state index >= 15 is 0 Å². The summed E-state index contributed by atoms with van der Waals surface area (Å²) >= 11 is 0. The Morgan fingerprint density at radius 2 is 1.79 bits per heavy atom. The molecule has 11 heteroatoms. The molecule has 1 aliphatic heterocycles. The van der Waals surface area contributed by atoms with E-state index in [0.717, 1.165) is 22.5 Å². The van der Waals surface area contributed by atoms with E-state index in [-0.39, 0.29) is 38.3 Å². The van der Waals surface area contributed by atoms with Crippen LogP contribution >= 0.6 is 0 Å². The third-order valence-corrected chi connectivity index (χ3v) is 6.20. The van der Waals surface area contributed by atoms with Crippen molar-refractivity contribution < 1.29 is 35.9 Å². The number of halogens is 3. The van der Waals surface area contributed by atoms with E-state index in [9.17, 15) is 31.2 Å². The largest absolute Gasteiger partial charge is 0.444 e.